The normalized spacial score (nSPS) is 11.9. The minimum Gasteiger partial charge on any atom is -0.507 e. The van der Waals surface area contributed by atoms with Crippen molar-refractivity contribution in [2.24, 2.45) is 0 Å². The Morgan fingerprint density at radius 1 is 0.833 bits per heavy atom. The highest BCUT2D eigenvalue weighted by Crippen LogP contribution is 2.42. The van der Waals surface area contributed by atoms with Crippen molar-refractivity contribution in [3.8, 4) is 5.75 Å². The van der Waals surface area contributed by atoms with E-state index < -0.39 is 0 Å². The number of carbonyl (C=O) groups excluding carboxylic acids is 1. The van der Waals surface area contributed by atoms with Gasteiger partial charge in [0.15, 0.2) is 5.78 Å². The summed E-state index contributed by atoms with van der Waals surface area (Å²) in [5.41, 5.74) is 1.63. The van der Waals surface area contributed by atoms with Gasteiger partial charge in [-0.1, -0.05) is 60.7 Å². The molecule has 1 N–H and O–H groups in total. The van der Waals surface area contributed by atoms with Gasteiger partial charge in [0.2, 0.25) is 0 Å². The van der Waals surface area contributed by atoms with Gasteiger partial charge in [-0.05, 0) is 40.1 Å². The summed E-state index contributed by atoms with van der Waals surface area (Å²) in [4.78, 5) is 13.4. The minimum absolute atomic E-state index is 0.0694. The number of furan rings is 1. The van der Waals surface area contributed by atoms with Gasteiger partial charge in [0, 0.05) is 27.1 Å². The molecule has 6 aromatic rings. The monoisotopic (exact) mass is 390 g/mol. The lowest BCUT2D eigenvalue weighted by Gasteiger charge is -2.16. The Kier molecular flexibility index (Phi) is 3.45. The summed E-state index contributed by atoms with van der Waals surface area (Å²) in [5.74, 6) is 0.722. The number of benzene rings is 5. The van der Waals surface area contributed by atoms with Crippen molar-refractivity contribution in [3.63, 3.8) is 0 Å². The van der Waals surface area contributed by atoms with Crippen LogP contribution in [-0.2, 0) is 6.42 Å². The first kappa shape index (κ1) is 17.0. The Hall–Kier alpha value is -3.85. The van der Waals surface area contributed by atoms with Gasteiger partial charge in [-0.3, -0.25) is 4.79 Å². The van der Waals surface area contributed by atoms with Crippen LogP contribution in [0.15, 0.2) is 77.4 Å². The molecule has 1 heterocycles. The van der Waals surface area contributed by atoms with Gasteiger partial charge in [-0.15, -0.1) is 0 Å². The van der Waals surface area contributed by atoms with Crippen LogP contribution in [0, 0.1) is 6.92 Å². The standard InChI is InChI=1S/C27H18O3/c1-15-6-7-16-8-9-17-10-11-20(27-23(29)12-21(15)25(16)26(17)27)22(28)13-24-19-5-3-2-4-18(19)14-30-24/h2-12,14,29H,13H2,1H3. The maximum absolute atomic E-state index is 13.4. The van der Waals surface area contributed by atoms with E-state index in [0.717, 1.165) is 43.3 Å². The van der Waals surface area contributed by atoms with E-state index in [1.54, 1.807) is 12.3 Å². The summed E-state index contributed by atoms with van der Waals surface area (Å²) in [6.07, 6.45) is 1.83. The Balaban J connectivity index is 1.59. The zero-order chi connectivity index (χ0) is 20.4. The maximum Gasteiger partial charge on any atom is 0.171 e. The summed E-state index contributed by atoms with van der Waals surface area (Å²) in [6.45, 7) is 2.04. The van der Waals surface area contributed by atoms with E-state index in [4.69, 9.17) is 4.42 Å². The van der Waals surface area contributed by atoms with Crippen LogP contribution in [-0.4, -0.2) is 10.9 Å². The van der Waals surface area contributed by atoms with Crippen molar-refractivity contribution < 1.29 is 14.3 Å². The van der Waals surface area contributed by atoms with E-state index in [2.05, 4.69) is 18.2 Å². The zero-order valence-electron chi connectivity index (χ0n) is 16.4. The van der Waals surface area contributed by atoms with Crippen LogP contribution in [0.4, 0.5) is 0 Å². The second-order valence-electron chi connectivity index (χ2n) is 7.92. The molecule has 0 spiro atoms. The highest BCUT2D eigenvalue weighted by atomic mass is 16.3. The molecule has 3 heteroatoms. The van der Waals surface area contributed by atoms with E-state index in [9.17, 15) is 9.90 Å². The van der Waals surface area contributed by atoms with Crippen LogP contribution in [0.2, 0.25) is 0 Å². The number of rotatable bonds is 3. The van der Waals surface area contributed by atoms with Gasteiger partial charge < -0.3 is 9.52 Å². The van der Waals surface area contributed by atoms with Gasteiger partial charge >= 0.3 is 0 Å². The molecule has 0 fully saturated rings. The molecule has 30 heavy (non-hydrogen) atoms. The van der Waals surface area contributed by atoms with Crippen molar-refractivity contribution in [1.29, 1.82) is 0 Å². The van der Waals surface area contributed by atoms with Crippen molar-refractivity contribution >= 4 is 48.9 Å². The molecule has 3 nitrogen and oxygen atoms in total. The van der Waals surface area contributed by atoms with E-state index in [0.29, 0.717) is 16.7 Å². The van der Waals surface area contributed by atoms with Crippen LogP contribution < -0.4 is 0 Å². The molecule has 0 unspecified atom stereocenters. The second kappa shape index (κ2) is 6.07. The Morgan fingerprint density at radius 2 is 1.57 bits per heavy atom. The van der Waals surface area contributed by atoms with Gasteiger partial charge in [-0.2, -0.15) is 0 Å². The maximum atomic E-state index is 13.4. The first-order valence-corrected chi connectivity index (χ1v) is 10.0. The minimum atomic E-state index is -0.0694. The molecule has 0 bridgehead atoms. The summed E-state index contributed by atoms with van der Waals surface area (Å²) in [6, 6.07) is 21.7. The molecule has 0 atom stereocenters. The lowest BCUT2D eigenvalue weighted by Crippen LogP contribution is -2.04. The molecule has 0 saturated carbocycles. The molecule has 0 aliphatic rings. The molecule has 0 aliphatic carbocycles. The lowest BCUT2D eigenvalue weighted by atomic mass is 9.88. The summed E-state index contributed by atoms with van der Waals surface area (Å²) < 4.78 is 5.69. The van der Waals surface area contributed by atoms with E-state index in [1.165, 1.54) is 0 Å². The topological polar surface area (TPSA) is 50.4 Å². The summed E-state index contributed by atoms with van der Waals surface area (Å²) in [5, 5.41) is 18.7. The number of phenolic OH excluding ortho intramolecular Hbond substituents is 1. The molecule has 144 valence electrons. The van der Waals surface area contributed by atoms with E-state index in [1.807, 2.05) is 49.4 Å². The fourth-order valence-corrected chi connectivity index (χ4v) is 4.69. The number of aromatic hydroxyl groups is 1. The average Bonchev–Trinajstić information content (AvgIpc) is 3.17. The van der Waals surface area contributed by atoms with Crippen LogP contribution in [0.25, 0.3) is 43.1 Å². The largest absolute Gasteiger partial charge is 0.507 e. The van der Waals surface area contributed by atoms with Gasteiger partial charge in [0.05, 0.1) is 12.7 Å². The lowest BCUT2D eigenvalue weighted by molar-refractivity contribution is 0.0989. The summed E-state index contributed by atoms with van der Waals surface area (Å²) >= 11 is 0. The molecule has 1 aromatic heterocycles. The first-order chi connectivity index (χ1) is 14.6. The summed E-state index contributed by atoms with van der Waals surface area (Å²) in [7, 11) is 0. The number of hydrogen-bond donors (Lipinski definition) is 1. The second-order valence-corrected chi connectivity index (χ2v) is 7.92. The first-order valence-electron chi connectivity index (χ1n) is 10.0. The van der Waals surface area contributed by atoms with Crippen molar-refractivity contribution in [3.05, 3.63) is 89.9 Å². The SMILES string of the molecule is Cc1ccc2ccc3ccc(C(=O)Cc4occ5ccccc45)c4c(O)cc1c2c34. The van der Waals surface area contributed by atoms with Crippen LogP contribution >= 0.6 is 0 Å². The smallest absolute Gasteiger partial charge is 0.171 e. The highest BCUT2D eigenvalue weighted by molar-refractivity contribution is 6.28. The van der Waals surface area contributed by atoms with Gasteiger partial charge in [0.1, 0.15) is 11.5 Å². The Morgan fingerprint density at radius 3 is 2.43 bits per heavy atom. The molecule has 6 rings (SSSR count). The number of ketones is 1. The molecule has 0 saturated heterocycles. The molecule has 0 aliphatic heterocycles. The third-order valence-corrected chi connectivity index (χ3v) is 6.17. The third-order valence-electron chi connectivity index (χ3n) is 6.17. The number of aryl methyl sites for hydroxylation is 1. The van der Waals surface area contributed by atoms with Gasteiger partial charge in [0.25, 0.3) is 0 Å². The number of Topliss-reactive ketones (excluding diaryl/α,β-unsaturated/α-hetero) is 1. The van der Waals surface area contributed by atoms with Gasteiger partial charge in [-0.25, -0.2) is 0 Å². The van der Waals surface area contributed by atoms with Crippen LogP contribution in [0.5, 0.6) is 5.75 Å². The predicted molar refractivity (Wildman–Crippen MR) is 121 cm³/mol. The number of phenols is 1. The van der Waals surface area contributed by atoms with Crippen molar-refractivity contribution in [1.82, 2.24) is 0 Å². The average molecular weight is 390 g/mol. The number of carbonyl (C=O) groups is 1. The van der Waals surface area contributed by atoms with Crippen molar-refractivity contribution in [2.45, 2.75) is 13.3 Å². The van der Waals surface area contributed by atoms with E-state index in [-0.39, 0.29) is 18.0 Å². The van der Waals surface area contributed by atoms with E-state index >= 15 is 0 Å². The Bertz CT molecular complexity index is 1600. The molecular weight excluding hydrogens is 372 g/mol. The molecule has 0 radical (unpaired) electrons. The fourth-order valence-electron chi connectivity index (χ4n) is 4.69. The molecule has 0 amide bonds. The molecule has 5 aromatic carbocycles. The quantitative estimate of drug-likeness (QED) is 0.268. The number of hydrogen-bond acceptors (Lipinski definition) is 3. The Labute approximate surface area is 172 Å². The number of fused-ring (bicyclic) bond motifs is 1. The van der Waals surface area contributed by atoms with Crippen LogP contribution in [0.1, 0.15) is 21.7 Å². The highest BCUT2D eigenvalue weighted by Gasteiger charge is 2.20. The predicted octanol–water partition coefficient (Wildman–Crippen LogP) is 6.77. The van der Waals surface area contributed by atoms with Crippen LogP contribution in [0.3, 0.4) is 0 Å². The van der Waals surface area contributed by atoms with Crippen molar-refractivity contribution in [2.75, 3.05) is 0 Å². The third kappa shape index (κ3) is 2.29. The zero-order valence-corrected chi connectivity index (χ0v) is 16.4. The molecular formula is C27H18O3. The fraction of sp³-hybridized carbons (Fsp3) is 0.0741.